The normalized spacial score (nSPS) is 14.1. The predicted octanol–water partition coefficient (Wildman–Crippen LogP) is 2.47. The summed E-state index contributed by atoms with van der Waals surface area (Å²) in [6, 6.07) is 11.7. The van der Waals surface area contributed by atoms with Gasteiger partial charge in [0.15, 0.2) is 14.6 Å². The third-order valence-electron chi connectivity index (χ3n) is 5.86. The number of rotatable bonds is 9. The van der Waals surface area contributed by atoms with Crippen molar-refractivity contribution in [1.82, 2.24) is 4.57 Å². The van der Waals surface area contributed by atoms with E-state index in [0.29, 0.717) is 42.2 Å². The number of carbonyl (C=O) groups is 2. The first-order valence-corrected chi connectivity index (χ1v) is 14.3. The Hall–Kier alpha value is -3.42. The van der Waals surface area contributed by atoms with Crippen molar-refractivity contribution >= 4 is 54.6 Å². The summed E-state index contributed by atoms with van der Waals surface area (Å²) in [7, 11) is -4.09. The highest BCUT2D eigenvalue weighted by atomic mass is 32.2. The van der Waals surface area contributed by atoms with Gasteiger partial charge in [-0.25, -0.2) is 8.42 Å². The summed E-state index contributed by atoms with van der Waals surface area (Å²) >= 11 is 1.04. The highest BCUT2D eigenvalue weighted by Crippen LogP contribution is 2.27. The smallest absolute Gasteiger partial charge is 0.270 e. The summed E-state index contributed by atoms with van der Waals surface area (Å²) in [5.41, 5.74) is 2.18. The van der Waals surface area contributed by atoms with Gasteiger partial charge in [0.2, 0.25) is 5.91 Å². The number of para-hydroxylation sites is 1. The zero-order chi connectivity index (χ0) is 26.6. The van der Waals surface area contributed by atoms with Crippen LogP contribution in [-0.2, 0) is 37.1 Å². The van der Waals surface area contributed by atoms with E-state index in [1.54, 1.807) is 22.8 Å². The lowest BCUT2D eigenvalue weighted by atomic mass is 10.0. The van der Waals surface area contributed by atoms with Crippen molar-refractivity contribution in [1.29, 1.82) is 0 Å². The molecule has 1 aromatic heterocycles. The van der Waals surface area contributed by atoms with Gasteiger partial charge in [0.05, 0.1) is 21.7 Å². The molecule has 0 bridgehead atoms. The second kappa shape index (κ2) is 11.3. The zero-order valence-corrected chi connectivity index (χ0v) is 21.8. The maximum Gasteiger partial charge on any atom is 0.270 e. The molecule has 1 aliphatic rings. The van der Waals surface area contributed by atoms with Gasteiger partial charge in [-0.2, -0.15) is 4.99 Å². The molecule has 2 heterocycles. The Morgan fingerprint density at radius 2 is 1.97 bits per heavy atom. The highest BCUT2D eigenvalue weighted by Gasteiger charge is 2.28. The number of sulfone groups is 1. The summed E-state index contributed by atoms with van der Waals surface area (Å²) < 4.78 is 33.1. The third-order valence-corrected chi connectivity index (χ3v) is 8.27. The second-order valence-corrected chi connectivity index (χ2v) is 11.5. The van der Waals surface area contributed by atoms with Crippen LogP contribution in [-0.4, -0.2) is 61.0 Å². The van der Waals surface area contributed by atoms with E-state index in [-0.39, 0.29) is 10.5 Å². The molecule has 11 nitrogen and oxygen atoms in total. The molecular weight excluding hydrogens is 520 g/mol. The lowest BCUT2D eigenvalue weighted by Gasteiger charge is -2.29. The van der Waals surface area contributed by atoms with Gasteiger partial charge < -0.3 is 14.2 Å². The number of carbonyl (C=O) groups excluding carboxylic acids is 2. The molecule has 0 radical (unpaired) electrons. The maximum absolute atomic E-state index is 12.9. The molecule has 0 N–H and O–H groups in total. The first-order valence-electron chi connectivity index (χ1n) is 11.7. The number of fused-ring (bicyclic) bond motifs is 2. The van der Waals surface area contributed by atoms with Gasteiger partial charge in [0.1, 0.15) is 11.5 Å². The molecule has 196 valence electrons. The van der Waals surface area contributed by atoms with Crippen LogP contribution in [0.5, 0.6) is 0 Å². The molecule has 37 heavy (non-hydrogen) atoms. The monoisotopic (exact) mass is 546 g/mol. The SMILES string of the molecule is CCOCCn1c(=NC(=O)CS(=O)(=O)CC(=O)N2CCCc3ccccc32)sc2cc([N+](=O)[O-])ccc21. The average Bonchev–Trinajstić information content (AvgIpc) is 3.18. The number of hydrogen-bond acceptors (Lipinski definition) is 8. The molecule has 0 spiro atoms. The first-order chi connectivity index (χ1) is 17.7. The molecule has 0 saturated heterocycles. The number of aryl methyl sites for hydroxylation is 1. The van der Waals surface area contributed by atoms with Gasteiger partial charge in [-0.3, -0.25) is 19.7 Å². The molecule has 1 aliphatic heterocycles. The van der Waals surface area contributed by atoms with E-state index in [2.05, 4.69) is 4.99 Å². The number of thiazole rings is 1. The van der Waals surface area contributed by atoms with E-state index in [1.165, 1.54) is 17.0 Å². The van der Waals surface area contributed by atoms with E-state index in [4.69, 9.17) is 4.74 Å². The number of amides is 2. The van der Waals surface area contributed by atoms with Crippen LogP contribution < -0.4 is 9.70 Å². The molecule has 2 amide bonds. The van der Waals surface area contributed by atoms with Crippen LogP contribution >= 0.6 is 11.3 Å². The molecule has 0 aliphatic carbocycles. The van der Waals surface area contributed by atoms with Crippen molar-refractivity contribution in [2.75, 3.05) is 36.2 Å². The molecule has 0 fully saturated rings. The van der Waals surface area contributed by atoms with Gasteiger partial charge in [0, 0.05) is 37.5 Å². The molecule has 13 heteroatoms. The number of nitro benzene ring substituents is 1. The summed E-state index contributed by atoms with van der Waals surface area (Å²) in [6.45, 7) is 3.36. The van der Waals surface area contributed by atoms with E-state index >= 15 is 0 Å². The van der Waals surface area contributed by atoms with Crippen LogP contribution in [0.1, 0.15) is 18.9 Å². The molecule has 4 rings (SSSR count). The van der Waals surface area contributed by atoms with Gasteiger partial charge in [0.25, 0.3) is 11.6 Å². The van der Waals surface area contributed by atoms with Crippen LogP contribution in [0.25, 0.3) is 10.2 Å². The van der Waals surface area contributed by atoms with Crippen LogP contribution in [0.3, 0.4) is 0 Å². The van der Waals surface area contributed by atoms with Gasteiger partial charge in [-0.15, -0.1) is 0 Å². The van der Waals surface area contributed by atoms with Crippen LogP contribution in [0.4, 0.5) is 11.4 Å². The van der Waals surface area contributed by atoms with Crippen LogP contribution in [0.2, 0.25) is 0 Å². The summed E-state index contributed by atoms with van der Waals surface area (Å²) in [5.74, 6) is -3.22. The number of hydrogen-bond donors (Lipinski definition) is 0. The predicted molar refractivity (Wildman–Crippen MR) is 139 cm³/mol. The Balaban J connectivity index is 1.55. The Labute approximate surface area is 217 Å². The van der Waals surface area contributed by atoms with E-state index in [0.717, 1.165) is 29.7 Å². The molecule has 2 aromatic carbocycles. The lowest BCUT2D eigenvalue weighted by molar-refractivity contribution is -0.384. The quantitative estimate of drug-likeness (QED) is 0.228. The van der Waals surface area contributed by atoms with E-state index in [1.807, 2.05) is 19.1 Å². The average molecular weight is 547 g/mol. The van der Waals surface area contributed by atoms with E-state index in [9.17, 15) is 28.1 Å². The van der Waals surface area contributed by atoms with Crippen LogP contribution in [0.15, 0.2) is 47.5 Å². The Kier molecular flexibility index (Phi) is 8.15. The molecule has 3 aromatic rings. The van der Waals surface area contributed by atoms with Crippen molar-refractivity contribution in [3.05, 3.63) is 62.9 Å². The topological polar surface area (TPSA) is 141 Å². The van der Waals surface area contributed by atoms with Crippen molar-refractivity contribution in [2.24, 2.45) is 4.99 Å². The number of aromatic nitrogens is 1. The van der Waals surface area contributed by atoms with Crippen molar-refractivity contribution in [3.8, 4) is 0 Å². The fourth-order valence-corrected chi connectivity index (χ4v) is 6.40. The summed E-state index contributed by atoms with van der Waals surface area (Å²) in [4.78, 5) is 41.9. The van der Waals surface area contributed by atoms with Crippen molar-refractivity contribution in [3.63, 3.8) is 0 Å². The Morgan fingerprint density at radius 3 is 2.73 bits per heavy atom. The Morgan fingerprint density at radius 1 is 1.19 bits per heavy atom. The molecule has 0 unspecified atom stereocenters. The number of anilines is 1. The number of benzene rings is 2. The third kappa shape index (κ3) is 6.29. The maximum atomic E-state index is 12.9. The van der Waals surface area contributed by atoms with Crippen molar-refractivity contribution in [2.45, 2.75) is 26.3 Å². The number of nitro groups is 1. The van der Waals surface area contributed by atoms with Crippen molar-refractivity contribution < 1.29 is 27.7 Å². The second-order valence-electron chi connectivity index (χ2n) is 8.46. The highest BCUT2D eigenvalue weighted by molar-refractivity contribution is 7.92. The minimum atomic E-state index is -4.09. The fraction of sp³-hybridized carbons (Fsp3) is 0.375. The summed E-state index contributed by atoms with van der Waals surface area (Å²) in [5, 5.41) is 11.2. The zero-order valence-electron chi connectivity index (χ0n) is 20.2. The van der Waals surface area contributed by atoms with Gasteiger partial charge >= 0.3 is 0 Å². The number of ether oxygens (including phenoxy) is 1. The first kappa shape index (κ1) is 26.6. The molecular formula is C24H26N4O7S2. The number of non-ortho nitro benzene ring substituents is 1. The molecule has 0 atom stereocenters. The van der Waals surface area contributed by atoms with E-state index < -0.39 is 38.1 Å². The minimum Gasteiger partial charge on any atom is -0.380 e. The minimum absolute atomic E-state index is 0.107. The fourth-order valence-electron chi connectivity index (χ4n) is 4.21. The van der Waals surface area contributed by atoms with Gasteiger partial charge in [-0.05, 0) is 37.5 Å². The molecule has 0 saturated carbocycles. The van der Waals surface area contributed by atoms with Crippen LogP contribution in [0, 0.1) is 10.1 Å². The number of nitrogens with zero attached hydrogens (tertiary/aromatic N) is 4. The Bertz CT molecular complexity index is 1530. The summed E-state index contributed by atoms with van der Waals surface area (Å²) in [6.07, 6.45) is 1.54. The van der Waals surface area contributed by atoms with Gasteiger partial charge in [-0.1, -0.05) is 29.5 Å². The largest absolute Gasteiger partial charge is 0.380 e. The standard InChI is InChI=1S/C24H26N4O7S2/c1-2-35-13-12-27-20-10-9-18(28(31)32)14-21(20)36-24(27)25-22(29)15-37(33,34)16-23(30)26-11-5-7-17-6-3-4-8-19(17)26/h3-4,6,8-10,14H,2,5,7,11-13,15-16H2,1H3. The lowest BCUT2D eigenvalue weighted by Crippen LogP contribution is -2.40.